The molecule has 3 aliphatic heterocycles. The van der Waals surface area contributed by atoms with E-state index in [2.05, 4.69) is 0 Å². The number of hydrogen-bond donors (Lipinski definition) is 1. The maximum Gasteiger partial charge on any atom is 0.347 e. The molecule has 0 amide bonds. The predicted molar refractivity (Wildman–Crippen MR) is 287 cm³/mol. The van der Waals surface area contributed by atoms with Gasteiger partial charge in [0.1, 0.15) is 11.3 Å². The van der Waals surface area contributed by atoms with E-state index in [1.165, 1.54) is 30.3 Å². The summed E-state index contributed by atoms with van der Waals surface area (Å²) >= 11 is 0. The Labute approximate surface area is 451 Å². The van der Waals surface area contributed by atoms with E-state index in [0.717, 1.165) is 0 Å². The number of esters is 3. The second-order valence-electron chi connectivity index (χ2n) is 18.5. The fourth-order valence-corrected chi connectivity index (χ4v) is 9.89. The second-order valence-corrected chi connectivity index (χ2v) is 18.5. The maximum absolute atomic E-state index is 15.2. The minimum Gasteiger partial charge on any atom is -0.504 e. The maximum atomic E-state index is 15.2. The molecule has 10 aromatic carbocycles. The van der Waals surface area contributed by atoms with E-state index in [0.29, 0.717) is 33.4 Å². The van der Waals surface area contributed by atoms with Crippen LogP contribution in [0.4, 0.5) is 0 Å². The first-order valence-corrected chi connectivity index (χ1v) is 25.1. The molecule has 13 nitrogen and oxygen atoms in total. The average Bonchev–Trinajstić information content (AvgIpc) is 4.40. The van der Waals surface area contributed by atoms with Crippen LogP contribution in [-0.4, -0.2) is 23.0 Å². The standard InChI is InChI=1S/C66H42O13/c67-52-38-42(40-55-58(52)77-65(75-55,46-26-12-3-13-27-46)47-28-14-4-15-29-47)61(68)72-54-39-43(41-56-59(54)78-66(76-56,48-30-16-5-17-31-48)49-32-18-6-19-33-49)62(69)73-57-51(63(70)71-50-34-20-7-21-35-50)36-37-53-60(57)79-64(74-53,44-22-8-1-9-23-44)45-24-10-2-11-25-45/h1-41,67H. The van der Waals surface area contributed by atoms with Crippen LogP contribution < -0.4 is 42.6 Å². The van der Waals surface area contributed by atoms with Gasteiger partial charge in [-0.05, 0) is 48.5 Å². The van der Waals surface area contributed by atoms with Crippen molar-refractivity contribution in [3.63, 3.8) is 0 Å². The molecule has 79 heavy (non-hydrogen) atoms. The number of hydrogen-bond acceptors (Lipinski definition) is 13. The quantitative estimate of drug-likeness (QED) is 0.0912. The van der Waals surface area contributed by atoms with Gasteiger partial charge < -0.3 is 47.7 Å². The van der Waals surface area contributed by atoms with Gasteiger partial charge in [0.15, 0.2) is 34.5 Å². The van der Waals surface area contributed by atoms with E-state index in [4.69, 9.17) is 42.6 Å². The molecule has 1 N–H and O–H groups in total. The third-order valence-corrected chi connectivity index (χ3v) is 13.6. The van der Waals surface area contributed by atoms with Crippen LogP contribution in [0.15, 0.2) is 249 Å². The fraction of sp³-hybridized carbons (Fsp3) is 0.0455. The van der Waals surface area contributed by atoms with Gasteiger partial charge in [-0.25, -0.2) is 14.4 Å². The zero-order valence-corrected chi connectivity index (χ0v) is 41.5. The van der Waals surface area contributed by atoms with Gasteiger partial charge in [-0.1, -0.05) is 200 Å². The Balaban J connectivity index is 0.910. The minimum atomic E-state index is -1.66. The summed E-state index contributed by atoms with van der Waals surface area (Å²) in [7, 11) is 0. The molecule has 10 aromatic rings. The molecule has 13 heteroatoms. The number of carbonyl (C=O) groups is 3. The van der Waals surface area contributed by atoms with Crippen LogP contribution in [0.5, 0.6) is 57.5 Å². The van der Waals surface area contributed by atoms with Gasteiger partial charge in [0.2, 0.25) is 17.2 Å². The molecule has 0 aromatic heterocycles. The number of ether oxygens (including phenoxy) is 9. The Bertz CT molecular complexity index is 3820. The van der Waals surface area contributed by atoms with Crippen molar-refractivity contribution in [1.82, 2.24) is 0 Å². The lowest BCUT2D eigenvalue weighted by molar-refractivity contribution is -0.0469. The lowest BCUT2D eigenvalue weighted by atomic mass is 9.97. The highest BCUT2D eigenvalue weighted by Crippen LogP contribution is 2.56. The van der Waals surface area contributed by atoms with Crippen molar-refractivity contribution >= 4 is 17.9 Å². The molecule has 384 valence electrons. The summed E-state index contributed by atoms with van der Waals surface area (Å²) in [6.07, 6.45) is 0. The molecular weight excluding hydrogens is 1000 g/mol. The molecule has 0 bridgehead atoms. The largest absolute Gasteiger partial charge is 0.504 e. The molecule has 0 saturated carbocycles. The number of phenols is 1. The average molecular weight is 1040 g/mol. The number of rotatable bonds is 12. The molecule has 0 aliphatic carbocycles. The summed E-state index contributed by atoms with van der Waals surface area (Å²) in [4.78, 5) is 44.2. The lowest BCUT2D eigenvalue weighted by Gasteiger charge is -2.28. The van der Waals surface area contributed by atoms with Crippen LogP contribution in [0.1, 0.15) is 64.5 Å². The number of benzene rings is 10. The molecular formula is C66H42O13. The first-order valence-electron chi connectivity index (χ1n) is 25.1. The Hall–Kier alpha value is -10.8. The predicted octanol–water partition coefficient (Wildman–Crippen LogP) is 13.1. The first kappa shape index (κ1) is 47.9. The van der Waals surface area contributed by atoms with Crippen molar-refractivity contribution in [1.29, 1.82) is 0 Å². The van der Waals surface area contributed by atoms with E-state index in [1.807, 2.05) is 182 Å². The monoisotopic (exact) mass is 1040 g/mol. The second kappa shape index (κ2) is 19.4. The van der Waals surface area contributed by atoms with Crippen LogP contribution >= 0.6 is 0 Å². The van der Waals surface area contributed by atoms with E-state index in [9.17, 15) is 14.7 Å². The first-order chi connectivity index (χ1) is 38.7. The zero-order valence-electron chi connectivity index (χ0n) is 41.5. The third-order valence-electron chi connectivity index (χ3n) is 13.6. The van der Waals surface area contributed by atoms with Crippen molar-refractivity contribution in [2.75, 3.05) is 0 Å². The highest BCUT2D eigenvalue weighted by atomic mass is 16.8. The van der Waals surface area contributed by atoms with E-state index in [-0.39, 0.29) is 68.4 Å². The number of carbonyl (C=O) groups excluding carboxylic acids is 3. The van der Waals surface area contributed by atoms with E-state index < -0.39 is 41.0 Å². The molecule has 0 fully saturated rings. The van der Waals surface area contributed by atoms with Crippen molar-refractivity contribution in [2.45, 2.75) is 17.4 Å². The van der Waals surface area contributed by atoms with Crippen LogP contribution in [-0.2, 0) is 17.4 Å². The van der Waals surface area contributed by atoms with Crippen molar-refractivity contribution < 1.29 is 62.1 Å². The number of aromatic hydroxyl groups is 1. The Morgan fingerprint density at radius 3 is 1.15 bits per heavy atom. The van der Waals surface area contributed by atoms with Gasteiger partial charge in [-0.3, -0.25) is 0 Å². The Morgan fingerprint density at radius 2 is 0.696 bits per heavy atom. The van der Waals surface area contributed by atoms with Gasteiger partial charge in [0.25, 0.3) is 0 Å². The molecule has 0 atom stereocenters. The van der Waals surface area contributed by atoms with Crippen LogP contribution in [0.25, 0.3) is 0 Å². The smallest absolute Gasteiger partial charge is 0.347 e. The third kappa shape index (κ3) is 8.42. The minimum absolute atomic E-state index is 0.000652. The molecule has 0 saturated heterocycles. The van der Waals surface area contributed by atoms with Crippen molar-refractivity contribution in [3.8, 4) is 57.5 Å². The molecule has 0 unspecified atom stereocenters. The summed E-state index contributed by atoms with van der Waals surface area (Å²) in [6, 6.07) is 71.7. The number of fused-ring (bicyclic) bond motifs is 3. The van der Waals surface area contributed by atoms with Crippen molar-refractivity contribution in [3.05, 3.63) is 299 Å². The lowest BCUT2D eigenvalue weighted by Crippen LogP contribution is -2.36. The van der Waals surface area contributed by atoms with Gasteiger partial charge in [0, 0.05) is 33.4 Å². The SMILES string of the molecule is O=C(Oc1cc(C(=O)Oc2c(C(=O)Oc3ccccc3)ccc3c2OC(c2ccccc2)(c2ccccc2)O3)cc2c1OC(c1ccccc1)(c1ccccc1)O2)c1cc(O)c2c(c1)OC(c1ccccc1)(c1ccccc1)O2. The number of para-hydroxylation sites is 1. The molecule has 13 rings (SSSR count). The highest BCUT2D eigenvalue weighted by molar-refractivity contribution is 6.00. The number of phenolic OH excluding ortho intramolecular Hbond substituents is 1. The van der Waals surface area contributed by atoms with E-state index >= 15 is 4.79 Å². The zero-order chi connectivity index (χ0) is 53.6. The van der Waals surface area contributed by atoms with Crippen LogP contribution in [0.3, 0.4) is 0 Å². The van der Waals surface area contributed by atoms with Crippen molar-refractivity contribution in [2.24, 2.45) is 0 Å². The Morgan fingerprint density at radius 1 is 0.329 bits per heavy atom. The summed E-state index contributed by atoms with van der Waals surface area (Å²) in [6.45, 7) is 0. The van der Waals surface area contributed by atoms with Gasteiger partial charge >= 0.3 is 35.3 Å². The Kier molecular flexibility index (Phi) is 11.8. The molecule has 3 heterocycles. The summed E-state index contributed by atoms with van der Waals surface area (Å²) < 4.78 is 58.7. The summed E-state index contributed by atoms with van der Waals surface area (Å²) in [5.41, 5.74) is 3.07. The van der Waals surface area contributed by atoms with Crippen LogP contribution in [0.2, 0.25) is 0 Å². The molecule has 0 spiro atoms. The fourth-order valence-electron chi connectivity index (χ4n) is 9.89. The summed E-state index contributed by atoms with van der Waals surface area (Å²) in [5, 5.41) is 11.6. The van der Waals surface area contributed by atoms with Gasteiger partial charge in [-0.2, -0.15) is 0 Å². The highest BCUT2D eigenvalue weighted by Gasteiger charge is 2.51. The summed E-state index contributed by atoms with van der Waals surface area (Å²) in [5.74, 6) is -8.37. The topological polar surface area (TPSA) is 155 Å². The van der Waals surface area contributed by atoms with Crippen LogP contribution in [0, 0.1) is 0 Å². The van der Waals surface area contributed by atoms with E-state index in [1.54, 1.807) is 36.4 Å². The molecule has 0 radical (unpaired) electrons. The van der Waals surface area contributed by atoms with Gasteiger partial charge in [0.05, 0.1) is 11.1 Å². The molecule has 3 aliphatic rings. The van der Waals surface area contributed by atoms with Gasteiger partial charge in [-0.15, -0.1) is 0 Å². The normalized spacial score (nSPS) is 14.4.